The predicted octanol–water partition coefficient (Wildman–Crippen LogP) is 0.461. The van der Waals surface area contributed by atoms with E-state index >= 15 is 0 Å². The van der Waals surface area contributed by atoms with Crippen molar-refractivity contribution >= 4 is 0 Å². The molecule has 54 valence electrons. The number of rotatable bonds is 3. The van der Waals surface area contributed by atoms with E-state index in [2.05, 4.69) is 6.92 Å². The zero-order valence-corrected chi connectivity index (χ0v) is 6.01. The largest absolute Gasteiger partial charge is 0.326 e. The van der Waals surface area contributed by atoms with Gasteiger partial charge in [0.05, 0.1) is 0 Å². The molecule has 9 heavy (non-hydrogen) atoms. The van der Waals surface area contributed by atoms with E-state index in [0.717, 1.165) is 12.3 Å². The highest BCUT2D eigenvalue weighted by Gasteiger charge is 2.31. The van der Waals surface area contributed by atoms with Gasteiger partial charge in [0.15, 0.2) is 0 Å². The van der Waals surface area contributed by atoms with Crippen molar-refractivity contribution in [3.8, 4) is 0 Å². The molecule has 0 saturated heterocycles. The van der Waals surface area contributed by atoms with Crippen molar-refractivity contribution in [3.05, 3.63) is 0 Å². The Kier molecular flexibility index (Phi) is 2.09. The predicted molar refractivity (Wildman–Crippen MR) is 39.0 cm³/mol. The van der Waals surface area contributed by atoms with Crippen LogP contribution in [0.25, 0.3) is 0 Å². The van der Waals surface area contributed by atoms with Gasteiger partial charge in [-0.1, -0.05) is 6.92 Å². The molecule has 1 fully saturated rings. The quantitative estimate of drug-likeness (QED) is 0.580. The van der Waals surface area contributed by atoms with Crippen LogP contribution in [0.15, 0.2) is 0 Å². The molecule has 0 amide bonds. The van der Waals surface area contributed by atoms with Crippen molar-refractivity contribution < 1.29 is 0 Å². The second kappa shape index (κ2) is 2.67. The SMILES string of the molecule is CCC(N)C(N)C1CC1. The molecule has 2 heteroatoms. The topological polar surface area (TPSA) is 52.0 Å². The molecule has 0 aromatic carbocycles. The fraction of sp³-hybridized carbons (Fsp3) is 1.00. The molecule has 0 aromatic rings. The number of hydrogen-bond donors (Lipinski definition) is 2. The molecule has 2 atom stereocenters. The van der Waals surface area contributed by atoms with E-state index in [1.54, 1.807) is 0 Å². The van der Waals surface area contributed by atoms with Crippen molar-refractivity contribution in [1.29, 1.82) is 0 Å². The maximum absolute atomic E-state index is 5.81. The van der Waals surface area contributed by atoms with E-state index < -0.39 is 0 Å². The van der Waals surface area contributed by atoms with Crippen LogP contribution in [0, 0.1) is 5.92 Å². The van der Waals surface area contributed by atoms with Crippen LogP contribution in [0.4, 0.5) is 0 Å². The third-order valence-corrected chi connectivity index (χ3v) is 2.13. The van der Waals surface area contributed by atoms with E-state index in [-0.39, 0.29) is 12.1 Å². The summed E-state index contributed by atoms with van der Waals surface area (Å²) in [4.78, 5) is 0. The highest BCUT2D eigenvalue weighted by Crippen LogP contribution is 2.32. The summed E-state index contributed by atoms with van der Waals surface area (Å²) >= 11 is 0. The van der Waals surface area contributed by atoms with Crippen LogP contribution in [0.5, 0.6) is 0 Å². The Balaban J connectivity index is 2.22. The molecular weight excluding hydrogens is 112 g/mol. The summed E-state index contributed by atoms with van der Waals surface area (Å²) in [5, 5.41) is 0. The van der Waals surface area contributed by atoms with Crippen LogP contribution in [0.3, 0.4) is 0 Å². The fourth-order valence-corrected chi connectivity index (χ4v) is 1.10. The van der Waals surface area contributed by atoms with Crippen LogP contribution in [-0.2, 0) is 0 Å². The second-order valence-electron chi connectivity index (χ2n) is 2.99. The number of nitrogens with two attached hydrogens (primary N) is 2. The van der Waals surface area contributed by atoms with Crippen molar-refractivity contribution in [2.75, 3.05) is 0 Å². The van der Waals surface area contributed by atoms with Crippen LogP contribution >= 0.6 is 0 Å². The third kappa shape index (κ3) is 1.66. The van der Waals surface area contributed by atoms with Gasteiger partial charge in [-0.2, -0.15) is 0 Å². The van der Waals surface area contributed by atoms with E-state index in [0.29, 0.717) is 0 Å². The molecule has 0 aliphatic heterocycles. The lowest BCUT2D eigenvalue weighted by atomic mass is 10.0. The summed E-state index contributed by atoms with van der Waals surface area (Å²) in [6.07, 6.45) is 3.61. The lowest BCUT2D eigenvalue weighted by Gasteiger charge is -2.16. The molecule has 1 aliphatic rings. The summed E-state index contributed by atoms with van der Waals surface area (Å²) in [6, 6.07) is 0.507. The summed E-state index contributed by atoms with van der Waals surface area (Å²) in [5.41, 5.74) is 11.5. The van der Waals surface area contributed by atoms with Gasteiger partial charge in [-0.15, -0.1) is 0 Å². The van der Waals surface area contributed by atoms with Crippen LogP contribution in [-0.4, -0.2) is 12.1 Å². The minimum Gasteiger partial charge on any atom is -0.326 e. The zero-order chi connectivity index (χ0) is 6.85. The molecule has 2 nitrogen and oxygen atoms in total. The van der Waals surface area contributed by atoms with Gasteiger partial charge in [0.1, 0.15) is 0 Å². The van der Waals surface area contributed by atoms with Gasteiger partial charge in [-0.25, -0.2) is 0 Å². The first-order valence-corrected chi connectivity index (χ1v) is 3.77. The van der Waals surface area contributed by atoms with Gasteiger partial charge in [-0.3, -0.25) is 0 Å². The summed E-state index contributed by atoms with van der Waals surface area (Å²) in [5.74, 6) is 0.750. The Morgan fingerprint density at radius 2 is 2.00 bits per heavy atom. The third-order valence-electron chi connectivity index (χ3n) is 2.13. The minimum atomic E-state index is 0.234. The lowest BCUT2D eigenvalue weighted by molar-refractivity contribution is 0.468. The molecule has 2 unspecified atom stereocenters. The van der Waals surface area contributed by atoms with E-state index in [1.807, 2.05) is 0 Å². The fourth-order valence-electron chi connectivity index (χ4n) is 1.10. The van der Waals surface area contributed by atoms with E-state index in [9.17, 15) is 0 Å². The highest BCUT2D eigenvalue weighted by atomic mass is 14.8. The van der Waals surface area contributed by atoms with Crippen LogP contribution in [0.2, 0.25) is 0 Å². The van der Waals surface area contributed by atoms with Gasteiger partial charge in [0.2, 0.25) is 0 Å². The average molecular weight is 128 g/mol. The first kappa shape index (κ1) is 7.03. The monoisotopic (exact) mass is 128 g/mol. The van der Waals surface area contributed by atoms with Crippen molar-refractivity contribution in [1.82, 2.24) is 0 Å². The molecule has 0 aromatic heterocycles. The van der Waals surface area contributed by atoms with E-state index in [1.165, 1.54) is 12.8 Å². The van der Waals surface area contributed by atoms with E-state index in [4.69, 9.17) is 11.5 Å². The Hall–Kier alpha value is -0.0800. The van der Waals surface area contributed by atoms with Crippen LogP contribution in [0.1, 0.15) is 26.2 Å². The standard InChI is InChI=1S/C7H16N2/c1-2-6(8)7(9)5-3-4-5/h5-7H,2-4,8-9H2,1H3. The molecule has 0 heterocycles. The first-order valence-electron chi connectivity index (χ1n) is 3.77. The summed E-state index contributed by atoms with van der Waals surface area (Å²) < 4.78 is 0. The summed E-state index contributed by atoms with van der Waals surface area (Å²) in [6.45, 7) is 2.09. The molecule has 4 N–H and O–H groups in total. The lowest BCUT2D eigenvalue weighted by Crippen LogP contribution is -2.42. The van der Waals surface area contributed by atoms with Crippen molar-refractivity contribution in [2.24, 2.45) is 17.4 Å². The second-order valence-corrected chi connectivity index (χ2v) is 2.99. The summed E-state index contributed by atoms with van der Waals surface area (Å²) in [7, 11) is 0. The molecule has 0 spiro atoms. The first-order chi connectivity index (χ1) is 4.25. The molecule has 1 rings (SSSR count). The highest BCUT2D eigenvalue weighted by molar-refractivity contribution is 4.89. The maximum atomic E-state index is 5.81. The molecule has 1 saturated carbocycles. The Morgan fingerprint density at radius 3 is 2.33 bits per heavy atom. The van der Waals surface area contributed by atoms with Crippen molar-refractivity contribution in [3.63, 3.8) is 0 Å². The zero-order valence-electron chi connectivity index (χ0n) is 6.01. The smallest absolute Gasteiger partial charge is 0.0220 e. The Bertz CT molecular complexity index is 88.9. The van der Waals surface area contributed by atoms with Crippen molar-refractivity contribution in [2.45, 2.75) is 38.3 Å². The average Bonchev–Trinajstić information content (AvgIpc) is 2.66. The molecule has 0 bridgehead atoms. The molecular formula is C7H16N2. The minimum absolute atomic E-state index is 0.234. The van der Waals surface area contributed by atoms with Gasteiger partial charge in [0, 0.05) is 12.1 Å². The van der Waals surface area contributed by atoms with Gasteiger partial charge < -0.3 is 11.5 Å². The number of hydrogen-bond acceptors (Lipinski definition) is 2. The molecule has 0 radical (unpaired) electrons. The van der Waals surface area contributed by atoms with Crippen LogP contribution < -0.4 is 11.5 Å². The van der Waals surface area contributed by atoms with Gasteiger partial charge in [-0.05, 0) is 25.2 Å². The maximum Gasteiger partial charge on any atom is 0.0220 e. The van der Waals surface area contributed by atoms with Gasteiger partial charge in [0.25, 0.3) is 0 Å². The normalized spacial score (nSPS) is 25.7. The Morgan fingerprint density at radius 1 is 1.44 bits per heavy atom. The van der Waals surface area contributed by atoms with Gasteiger partial charge >= 0.3 is 0 Å². The Labute approximate surface area is 56.6 Å². The molecule has 1 aliphatic carbocycles.